The largest absolute Gasteiger partial charge is 0.497 e. The molecule has 1 amide bonds. The van der Waals surface area contributed by atoms with E-state index in [-0.39, 0.29) is 23.0 Å². The number of anilines is 1. The van der Waals surface area contributed by atoms with E-state index in [1.165, 1.54) is 14.2 Å². The zero-order chi connectivity index (χ0) is 20.5. The minimum atomic E-state index is -0.601. The molecule has 2 aromatic rings. The number of carbonyl (C=O) groups excluding carboxylic acids is 3. The number of ether oxygens (including phenoxy) is 3. The van der Waals surface area contributed by atoms with Gasteiger partial charge in [-0.25, -0.2) is 0 Å². The van der Waals surface area contributed by atoms with Gasteiger partial charge in [0.25, 0.3) is 0 Å². The Kier molecular flexibility index (Phi) is 7.88. The number of esters is 1. The van der Waals surface area contributed by atoms with Crippen molar-refractivity contribution in [2.24, 2.45) is 0 Å². The molecule has 0 atom stereocenters. The van der Waals surface area contributed by atoms with Gasteiger partial charge in [0.1, 0.15) is 17.3 Å². The van der Waals surface area contributed by atoms with Crippen molar-refractivity contribution in [2.45, 2.75) is 6.92 Å². The predicted octanol–water partition coefficient (Wildman–Crippen LogP) is 2.10. The molecule has 10 heteroatoms. The SMILES string of the molecule is COc1ccc(C(=O)COC(=O)CSCC(=O)Nc2cc(C)on2)c(OC)c1. The van der Waals surface area contributed by atoms with Crippen LogP contribution in [0.1, 0.15) is 16.1 Å². The fourth-order valence-corrected chi connectivity index (χ4v) is 2.74. The molecule has 28 heavy (non-hydrogen) atoms. The molecular formula is C18H20N2O7S. The van der Waals surface area contributed by atoms with Gasteiger partial charge in [-0.2, -0.15) is 0 Å². The molecule has 9 nitrogen and oxygen atoms in total. The van der Waals surface area contributed by atoms with Gasteiger partial charge >= 0.3 is 5.97 Å². The van der Waals surface area contributed by atoms with Gasteiger partial charge in [-0.3, -0.25) is 14.4 Å². The molecule has 1 aromatic carbocycles. The maximum Gasteiger partial charge on any atom is 0.316 e. The van der Waals surface area contributed by atoms with Crippen LogP contribution in [0.25, 0.3) is 0 Å². The molecular weight excluding hydrogens is 388 g/mol. The summed E-state index contributed by atoms with van der Waals surface area (Å²) in [7, 11) is 2.93. The molecule has 2 rings (SSSR count). The lowest BCUT2D eigenvalue weighted by Gasteiger charge is -2.10. The van der Waals surface area contributed by atoms with Crippen molar-refractivity contribution in [1.82, 2.24) is 5.16 Å². The lowest BCUT2D eigenvalue weighted by atomic mass is 10.1. The Morgan fingerprint density at radius 1 is 1.14 bits per heavy atom. The third-order valence-electron chi connectivity index (χ3n) is 3.42. The first kappa shape index (κ1) is 21.3. The fourth-order valence-electron chi connectivity index (χ4n) is 2.13. The average molecular weight is 408 g/mol. The van der Waals surface area contributed by atoms with E-state index in [4.69, 9.17) is 18.7 Å². The van der Waals surface area contributed by atoms with Gasteiger partial charge in [0.05, 0.1) is 31.3 Å². The third kappa shape index (κ3) is 6.31. The molecule has 0 fully saturated rings. The Balaban J connectivity index is 1.73. The van der Waals surface area contributed by atoms with Crippen LogP contribution in [0.15, 0.2) is 28.8 Å². The maximum atomic E-state index is 12.2. The zero-order valence-corrected chi connectivity index (χ0v) is 16.5. The van der Waals surface area contributed by atoms with Gasteiger partial charge in [0.15, 0.2) is 12.4 Å². The van der Waals surface area contributed by atoms with E-state index in [0.717, 1.165) is 11.8 Å². The van der Waals surface area contributed by atoms with Crippen LogP contribution in [0, 0.1) is 6.92 Å². The van der Waals surface area contributed by atoms with Crippen molar-refractivity contribution in [2.75, 3.05) is 37.6 Å². The van der Waals surface area contributed by atoms with E-state index in [1.54, 1.807) is 31.2 Å². The number of carbonyl (C=O) groups is 3. The Morgan fingerprint density at radius 3 is 2.57 bits per heavy atom. The normalized spacial score (nSPS) is 10.2. The minimum absolute atomic E-state index is 0.0290. The molecule has 1 heterocycles. The number of aryl methyl sites for hydroxylation is 1. The molecule has 0 saturated carbocycles. The fraction of sp³-hybridized carbons (Fsp3) is 0.333. The van der Waals surface area contributed by atoms with E-state index in [2.05, 4.69) is 10.5 Å². The maximum absolute atomic E-state index is 12.2. The highest BCUT2D eigenvalue weighted by Gasteiger charge is 2.16. The number of aromatic nitrogens is 1. The molecule has 0 aliphatic rings. The summed E-state index contributed by atoms with van der Waals surface area (Å²) >= 11 is 1.06. The van der Waals surface area contributed by atoms with Crippen LogP contribution in [0.5, 0.6) is 11.5 Å². The highest BCUT2D eigenvalue weighted by atomic mass is 32.2. The van der Waals surface area contributed by atoms with Gasteiger partial charge in [-0.1, -0.05) is 5.16 Å². The Bertz CT molecular complexity index is 850. The number of nitrogens with zero attached hydrogens (tertiary/aromatic N) is 1. The zero-order valence-electron chi connectivity index (χ0n) is 15.6. The highest BCUT2D eigenvalue weighted by Crippen LogP contribution is 2.25. The quantitative estimate of drug-likeness (QED) is 0.466. The summed E-state index contributed by atoms with van der Waals surface area (Å²) in [6, 6.07) is 6.30. The Hall–Kier alpha value is -3.01. The van der Waals surface area contributed by atoms with E-state index in [1.807, 2.05) is 0 Å². The number of Topliss-reactive ketones (excluding diaryl/α,β-unsaturated/α-hetero) is 1. The van der Waals surface area contributed by atoms with Gasteiger partial charge in [0, 0.05) is 12.1 Å². The number of hydrogen-bond acceptors (Lipinski definition) is 9. The molecule has 0 spiro atoms. The van der Waals surface area contributed by atoms with Crippen LogP contribution in [-0.2, 0) is 14.3 Å². The van der Waals surface area contributed by atoms with Gasteiger partial charge in [-0.05, 0) is 19.1 Å². The first-order chi connectivity index (χ1) is 13.4. The lowest BCUT2D eigenvalue weighted by Crippen LogP contribution is -2.18. The van der Waals surface area contributed by atoms with Gasteiger partial charge in [0.2, 0.25) is 11.7 Å². The Labute approximate surface area is 165 Å². The standard InChI is InChI=1S/C18H20N2O7S/c1-11-6-16(20-27-11)19-17(22)9-28-10-18(23)26-8-14(21)13-5-4-12(24-2)7-15(13)25-3/h4-7H,8-10H2,1-3H3,(H,19,20,22). The molecule has 0 saturated heterocycles. The second kappa shape index (κ2) is 10.4. The molecule has 0 aliphatic heterocycles. The van der Waals surface area contributed by atoms with E-state index >= 15 is 0 Å². The summed E-state index contributed by atoms with van der Waals surface area (Å²) in [6.45, 7) is 1.28. The number of ketones is 1. The molecule has 0 radical (unpaired) electrons. The number of nitrogens with one attached hydrogen (secondary N) is 1. The summed E-state index contributed by atoms with van der Waals surface area (Å²) in [5, 5.41) is 6.17. The smallest absolute Gasteiger partial charge is 0.316 e. The third-order valence-corrected chi connectivity index (χ3v) is 4.33. The van der Waals surface area contributed by atoms with Crippen LogP contribution in [0.4, 0.5) is 5.82 Å². The number of methoxy groups -OCH3 is 2. The molecule has 0 aliphatic carbocycles. The van der Waals surface area contributed by atoms with Crippen molar-refractivity contribution in [3.05, 3.63) is 35.6 Å². The first-order valence-electron chi connectivity index (χ1n) is 8.14. The van der Waals surface area contributed by atoms with Crippen LogP contribution in [0.2, 0.25) is 0 Å². The molecule has 1 N–H and O–H groups in total. The number of thioether (sulfide) groups is 1. The van der Waals surface area contributed by atoms with E-state index in [9.17, 15) is 14.4 Å². The molecule has 1 aromatic heterocycles. The van der Waals surface area contributed by atoms with Gasteiger partial charge in [-0.15, -0.1) is 11.8 Å². The first-order valence-corrected chi connectivity index (χ1v) is 9.30. The van der Waals surface area contributed by atoms with Crippen LogP contribution in [-0.4, -0.2) is 55.1 Å². The summed E-state index contributed by atoms with van der Waals surface area (Å²) in [6.07, 6.45) is 0. The van der Waals surface area contributed by atoms with Crippen molar-refractivity contribution in [3.63, 3.8) is 0 Å². The summed E-state index contributed by atoms with van der Waals surface area (Å²) in [4.78, 5) is 35.7. The molecule has 0 unspecified atom stereocenters. The van der Waals surface area contributed by atoms with Crippen molar-refractivity contribution in [3.8, 4) is 11.5 Å². The summed E-state index contributed by atoms with van der Waals surface area (Å²) < 4.78 is 20.0. The lowest BCUT2D eigenvalue weighted by molar-refractivity contribution is -0.139. The number of amides is 1. The van der Waals surface area contributed by atoms with Crippen molar-refractivity contribution >= 4 is 35.2 Å². The topological polar surface area (TPSA) is 117 Å². The predicted molar refractivity (Wildman–Crippen MR) is 102 cm³/mol. The second-order valence-corrected chi connectivity index (χ2v) is 6.50. The van der Waals surface area contributed by atoms with E-state index < -0.39 is 18.4 Å². The van der Waals surface area contributed by atoms with Crippen LogP contribution >= 0.6 is 11.8 Å². The second-order valence-electron chi connectivity index (χ2n) is 5.51. The summed E-state index contributed by atoms with van der Waals surface area (Å²) in [5.41, 5.74) is 0.283. The van der Waals surface area contributed by atoms with Crippen LogP contribution < -0.4 is 14.8 Å². The average Bonchev–Trinajstić information content (AvgIpc) is 3.09. The summed E-state index contributed by atoms with van der Waals surface area (Å²) in [5.74, 6) is 0.377. The van der Waals surface area contributed by atoms with Crippen LogP contribution in [0.3, 0.4) is 0 Å². The molecule has 150 valence electrons. The molecule has 0 bridgehead atoms. The highest BCUT2D eigenvalue weighted by molar-refractivity contribution is 8.00. The Morgan fingerprint density at radius 2 is 1.93 bits per heavy atom. The number of benzene rings is 1. The van der Waals surface area contributed by atoms with Gasteiger partial charge < -0.3 is 24.1 Å². The van der Waals surface area contributed by atoms with Crippen molar-refractivity contribution in [1.29, 1.82) is 0 Å². The monoisotopic (exact) mass is 408 g/mol. The van der Waals surface area contributed by atoms with Crippen molar-refractivity contribution < 1.29 is 33.1 Å². The van der Waals surface area contributed by atoms with E-state index in [0.29, 0.717) is 23.1 Å². The minimum Gasteiger partial charge on any atom is -0.497 e. The number of hydrogen-bond donors (Lipinski definition) is 1. The number of rotatable bonds is 10.